The van der Waals surface area contributed by atoms with Crippen LogP contribution in [0.5, 0.6) is 0 Å². The summed E-state index contributed by atoms with van der Waals surface area (Å²) in [6.45, 7) is 16.5. The fourth-order valence-corrected chi connectivity index (χ4v) is 4.81. The fourth-order valence-electron chi connectivity index (χ4n) is 3.78. The van der Waals surface area contributed by atoms with E-state index in [0.717, 1.165) is 0 Å². The second-order valence-corrected chi connectivity index (χ2v) is 10.2. The lowest BCUT2D eigenvalue weighted by Crippen LogP contribution is -2.49. The maximum atomic E-state index is 12.0. The molecule has 0 fully saturated rings. The zero-order chi connectivity index (χ0) is 27.4. The molecule has 2 rings (SSSR count). The van der Waals surface area contributed by atoms with E-state index in [1.54, 1.807) is 24.3 Å². The first-order chi connectivity index (χ1) is 16.9. The highest BCUT2D eigenvalue weighted by molar-refractivity contribution is 7.80. The number of nitrogens with zero attached hydrogens (tertiary/aromatic N) is 2. The molecule has 0 atom stereocenters. The van der Waals surface area contributed by atoms with Crippen molar-refractivity contribution in [1.29, 1.82) is 0 Å². The van der Waals surface area contributed by atoms with Crippen LogP contribution in [0.1, 0.15) is 76.1 Å². The first-order valence-electron chi connectivity index (χ1n) is 12.2. The van der Waals surface area contributed by atoms with Gasteiger partial charge in [0.1, 0.15) is 0 Å². The maximum Gasteiger partial charge on any atom is 0.257 e. The van der Waals surface area contributed by atoms with E-state index in [0.29, 0.717) is 21.4 Å². The van der Waals surface area contributed by atoms with E-state index in [1.165, 1.54) is 0 Å². The van der Waals surface area contributed by atoms with Crippen molar-refractivity contribution >= 4 is 46.5 Å². The van der Waals surface area contributed by atoms with Crippen LogP contribution in [0, 0.1) is 0 Å². The van der Waals surface area contributed by atoms with Gasteiger partial charge in [0.15, 0.2) is 10.2 Å². The maximum absolute atomic E-state index is 12.0. The minimum Gasteiger partial charge on any atom is -0.344 e. The van der Waals surface area contributed by atoms with E-state index in [1.807, 2.05) is 46.2 Å². The highest BCUT2D eigenvalue weighted by Gasteiger charge is 2.20. The molecule has 36 heavy (non-hydrogen) atoms. The Morgan fingerprint density at radius 3 is 1.03 bits per heavy atom. The molecule has 0 spiro atoms. The SMILES string of the molecule is CC(C)N(C(=S)NC(=O)c1ccccc1)C(C)C.CC(C)N(C(=S)NC(=O)c1ccccc1)C(C)C. The summed E-state index contributed by atoms with van der Waals surface area (Å²) in [5.74, 6) is -0.321. The zero-order valence-corrected chi connectivity index (χ0v) is 24.2. The van der Waals surface area contributed by atoms with Crippen LogP contribution in [0.25, 0.3) is 0 Å². The molecule has 0 aromatic heterocycles. The number of carbonyl (C=O) groups excluding carboxylic acids is 2. The Hall–Kier alpha value is -2.84. The van der Waals surface area contributed by atoms with E-state index in [9.17, 15) is 9.59 Å². The van der Waals surface area contributed by atoms with Gasteiger partial charge in [0.2, 0.25) is 0 Å². The van der Waals surface area contributed by atoms with E-state index in [2.05, 4.69) is 66.0 Å². The minimum absolute atomic E-state index is 0.160. The van der Waals surface area contributed by atoms with Gasteiger partial charge in [0, 0.05) is 35.3 Å². The molecule has 2 N–H and O–H groups in total. The first kappa shape index (κ1) is 31.2. The van der Waals surface area contributed by atoms with Gasteiger partial charge < -0.3 is 9.80 Å². The Bertz CT molecular complexity index is 896. The Morgan fingerprint density at radius 2 is 0.806 bits per heavy atom. The molecule has 0 bridgehead atoms. The molecule has 0 aliphatic carbocycles. The van der Waals surface area contributed by atoms with Crippen molar-refractivity contribution in [3.05, 3.63) is 71.8 Å². The van der Waals surface area contributed by atoms with E-state index in [4.69, 9.17) is 24.4 Å². The third kappa shape index (κ3) is 10.0. The number of carbonyl (C=O) groups is 2. The van der Waals surface area contributed by atoms with Crippen LogP contribution >= 0.6 is 24.4 Å². The van der Waals surface area contributed by atoms with Crippen molar-refractivity contribution in [3.8, 4) is 0 Å². The highest BCUT2D eigenvalue weighted by Crippen LogP contribution is 2.08. The van der Waals surface area contributed by atoms with Crippen molar-refractivity contribution < 1.29 is 9.59 Å². The quantitative estimate of drug-likeness (QED) is 0.473. The molecule has 0 aliphatic heterocycles. The summed E-state index contributed by atoms with van der Waals surface area (Å²) in [4.78, 5) is 28.0. The number of nitrogens with one attached hydrogen (secondary N) is 2. The molecule has 196 valence electrons. The van der Waals surface area contributed by atoms with Crippen LogP contribution in [0.2, 0.25) is 0 Å². The topological polar surface area (TPSA) is 64.7 Å². The Labute approximate surface area is 227 Å². The van der Waals surface area contributed by atoms with Crippen molar-refractivity contribution in [1.82, 2.24) is 20.4 Å². The molecule has 2 aromatic rings. The number of thiocarbonyl (C=S) groups is 2. The van der Waals surface area contributed by atoms with Gasteiger partial charge in [0.05, 0.1) is 0 Å². The molecule has 2 aromatic carbocycles. The summed E-state index contributed by atoms with van der Waals surface area (Å²) in [7, 11) is 0. The lowest BCUT2D eigenvalue weighted by molar-refractivity contribution is 0.0962. The van der Waals surface area contributed by atoms with Crippen molar-refractivity contribution in [2.75, 3.05) is 0 Å². The Balaban J connectivity index is 0.000000360. The monoisotopic (exact) mass is 528 g/mol. The first-order valence-corrected chi connectivity index (χ1v) is 13.1. The third-order valence-corrected chi connectivity index (χ3v) is 5.83. The van der Waals surface area contributed by atoms with Crippen LogP contribution in [-0.2, 0) is 0 Å². The summed E-state index contributed by atoms with van der Waals surface area (Å²) in [6.07, 6.45) is 0. The average Bonchev–Trinajstić information content (AvgIpc) is 2.79. The average molecular weight is 529 g/mol. The zero-order valence-electron chi connectivity index (χ0n) is 22.6. The van der Waals surface area contributed by atoms with Crippen molar-refractivity contribution in [2.24, 2.45) is 0 Å². The van der Waals surface area contributed by atoms with Gasteiger partial charge in [-0.05, 0) is 104 Å². The summed E-state index contributed by atoms with van der Waals surface area (Å²) in [5, 5.41) is 6.52. The second-order valence-electron chi connectivity index (χ2n) is 9.44. The Kier molecular flexibility index (Phi) is 13.3. The van der Waals surface area contributed by atoms with E-state index >= 15 is 0 Å². The van der Waals surface area contributed by atoms with Crippen LogP contribution in [0.15, 0.2) is 60.7 Å². The van der Waals surface area contributed by atoms with Gasteiger partial charge >= 0.3 is 0 Å². The molecule has 0 aliphatic rings. The number of rotatable bonds is 6. The summed E-state index contributed by atoms with van der Waals surface area (Å²) in [6, 6.07) is 19.2. The lowest BCUT2D eigenvalue weighted by atomic mass is 10.2. The predicted molar refractivity (Wildman–Crippen MR) is 157 cm³/mol. The van der Waals surface area contributed by atoms with Crippen LogP contribution in [-0.4, -0.2) is 56.0 Å². The molecular formula is C28H40N4O2S2. The molecule has 0 heterocycles. The van der Waals surface area contributed by atoms with E-state index in [-0.39, 0.29) is 36.0 Å². The molecular weight excluding hydrogens is 488 g/mol. The smallest absolute Gasteiger partial charge is 0.257 e. The number of hydrogen-bond donors (Lipinski definition) is 2. The standard InChI is InChI=1S/2C14H20N2OS/c2*1-10(2)16(11(3)4)14(18)15-13(17)12-8-6-5-7-9-12/h2*5-11H,1-4H3,(H,15,17,18). The van der Waals surface area contributed by atoms with Crippen molar-refractivity contribution in [3.63, 3.8) is 0 Å². The number of hydrogen-bond acceptors (Lipinski definition) is 4. The van der Waals surface area contributed by atoms with Gasteiger partial charge in [0.25, 0.3) is 11.8 Å². The third-order valence-electron chi connectivity index (χ3n) is 5.21. The van der Waals surface area contributed by atoms with Crippen LogP contribution in [0.4, 0.5) is 0 Å². The highest BCUT2D eigenvalue weighted by atomic mass is 32.1. The predicted octanol–water partition coefficient (Wildman–Crippen LogP) is 5.64. The fraction of sp³-hybridized carbons (Fsp3) is 0.429. The van der Waals surface area contributed by atoms with Gasteiger partial charge in [-0.2, -0.15) is 0 Å². The second kappa shape index (κ2) is 15.3. The number of amides is 2. The molecule has 8 heteroatoms. The summed E-state index contributed by atoms with van der Waals surface area (Å²) >= 11 is 10.6. The molecule has 0 saturated carbocycles. The molecule has 2 amide bonds. The normalized spacial score (nSPS) is 10.6. The summed E-state index contributed by atoms with van der Waals surface area (Å²) in [5.41, 5.74) is 1.24. The van der Waals surface area contributed by atoms with Gasteiger partial charge in [-0.1, -0.05) is 36.4 Å². The Morgan fingerprint density at radius 1 is 0.556 bits per heavy atom. The number of benzene rings is 2. The van der Waals surface area contributed by atoms with Gasteiger partial charge in [-0.25, -0.2) is 0 Å². The molecule has 0 unspecified atom stereocenters. The lowest BCUT2D eigenvalue weighted by Gasteiger charge is -2.33. The van der Waals surface area contributed by atoms with Gasteiger partial charge in [-0.3, -0.25) is 20.2 Å². The molecule has 0 radical (unpaired) electrons. The molecule has 0 saturated heterocycles. The van der Waals surface area contributed by atoms with E-state index < -0.39 is 0 Å². The van der Waals surface area contributed by atoms with Crippen molar-refractivity contribution in [2.45, 2.75) is 79.6 Å². The van der Waals surface area contributed by atoms with Crippen LogP contribution < -0.4 is 10.6 Å². The molecule has 6 nitrogen and oxygen atoms in total. The minimum atomic E-state index is -0.160. The van der Waals surface area contributed by atoms with Crippen LogP contribution in [0.3, 0.4) is 0 Å². The summed E-state index contributed by atoms with van der Waals surface area (Å²) < 4.78 is 0. The van der Waals surface area contributed by atoms with Gasteiger partial charge in [-0.15, -0.1) is 0 Å². The largest absolute Gasteiger partial charge is 0.344 e.